The maximum Gasteiger partial charge on any atom is 0.306 e. The zero-order chi connectivity index (χ0) is 28.7. The van der Waals surface area contributed by atoms with E-state index in [2.05, 4.69) is 13.8 Å². The number of carboxylic acids is 1. The van der Waals surface area contributed by atoms with Gasteiger partial charge in [0.2, 0.25) is 0 Å². The van der Waals surface area contributed by atoms with Crippen LogP contribution in [0.3, 0.4) is 0 Å². The second-order valence-corrected chi connectivity index (χ2v) is 11.4. The van der Waals surface area contributed by atoms with Crippen LogP contribution in [0, 0.1) is 0 Å². The van der Waals surface area contributed by atoms with Crippen LogP contribution in [0.4, 0.5) is 0 Å². The van der Waals surface area contributed by atoms with Crippen molar-refractivity contribution >= 4 is 17.9 Å². The Morgan fingerprint density at radius 2 is 1.16 bits per heavy atom. The van der Waals surface area contributed by atoms with Crippen LogP contribution >= 0.6 is 0 Å². The zero-order valence-corrected chi connectivity index (χ0v) is 25.1. The minimum absolute atomic E-state index is 0.0454. The number of ether oxygens (including phenoxy) is 3. The Hall–Kier alpha value is -1.67. The average Bonchev–Trinajstić information content (AvgIpc) is 2.84. The molecule has 0 saturated heterocycles. The quantitative estimate of drug-likeness (QED) is 0.0864. The summed E-state index contributed by atoms with van der Waals surface area (Å²) in [5.74, 6) is -1.76. The number of nitrogens with zero attached hydrogens (tertiary/aromatic N) is 1. The highest BCUT2D eigenvalue weighted by Gasteiger charge is 2.25. The summed E-state index contributed by atoms with van der Waals surface area (Å²) in [7, 11) is 5.37. The van der Waals surface area contributed by atoms with E-state index >= 15 is 0 Å². The fourth-order valence-electron chi connectivity index (χ4n) is 4.30. The molecule has 0 aliphatic rings. The Bertz CT molecular complexity index is 618. The molecule has 2 atom stereocenters. The molecule has 0 radical (unpaired) electrons. The molecular weight excluding hydrogens is 486 g/mol. The fraction of sp³-hybridized carbons (Fsp3) is 0.900. The molecule has 0 aromatic rings. The summed E-state index contributed by atoms with van der Waals surface area (Å²) in [6.07, 6.45) is 16.0. The molecule has 0 bridgehead atoms. The van der Waals surface area contributed by atoms with Crippen molar-refractivity contribution in [3.05, 3.63) is 0 Å². The molecule has 8 nitrogen and oxygen atoms in total. The van der Waals surface area contributed by atoms with Crippen LogP contribution in [0.15, 0.2) is 0 Å². The van der Waals surface area contributed by atoms with E-state index in [4.69, 9.17) is 14.2 Å². The Kier molecular flexibility index (Phi) is 22.2. The molecule has 0 heterocycles. The average molecular weight is 544 g/mol. The number of carboxylic acid groups (broad SMARTS) is 1. The first-order chi connectivity index (χ1) is 18.1. The van der Waals surface area contributed by atoms with Gasteiger partial charge in [-0.2, -0.15) is 0 Å². The van der Waals surface area contributed by atoms with E-state index in [1.165, 1.54) is 44.9 Å². The summed E-state index contributed by atoms with van der Waals surface area (Å²) in [4.78, 5) is 36.0. The summed E-state index contributed by atoms with van der Waals surface area (Å²) < 4.78 is 16.8. The lowest BCUT2D eigenvalue weighted by Crippen LogP contribution is -2.55. The largest absolute Gasteiger partial charge is 0.544 e. The number of quaternary nitrogens is 1. The van der Waals surface area contributed by atoms with Gasteiger partial charge in [-0.25, -0.2) is 0 Å². The van der Waals surface area contributed by atoms with Crippen LogP contribution in [0.25, 0.3) is 0 Å². The second kappa shape index (κ2) is 23.2. The third-order valence-electron chi connectivity index (χ3n) is 6.74. The van der Waals surface area contributed by atoms with Gasteiger partial charge in [-0.3, -0.25) is 9.59 Å². The van der Waals surface area contributed by atoms with E-state index in [1.807, 2.05) is 0 Å². The first-order valence-corrected chi connectivity index (χ1v) is 15.1. The molecule has 0 aliphatic carbocycles. The highest BCUT2D eigenvalue weighted by Crippen LogP contribution is 2.13. The second-order valence-electron chi connectivity index (χ2n) is 11.4. The molecule has 0 fully saturated rings. The van der Waals surface area contributed by atoms with Crippen molar-refractivity contribution < 1.29 is 38.2 Å². The molecular formula is C30H57NO7. The summed E-state index contributed by atoms with van der Waals surface area (Å²) >= 11 is 0. The Morgan fingerprint density at radius 1 is 0.684 bits per heavy atom. The molecule has 0 aromatic heterocycles. The smallest absolute Gasteiger partial charge is 0.306 e. The summed E-state index contributed by atoms with van der Waals surface area (Å²) in [6.45, 7) is 4.50. The van der Waals surface area contributed by atoms with Gasteiger partial charge in [-0.15, -0.1) is 0 Å². The van der Waals surface area contributed by atoms with E-state index in [-0.39, 0.29) is 42.7 Å². The van der Waals surface area contributed by atoms with Crippen molar-refractivity contribution in [2.75, 3.05) is 41.0 Å². The number of hydrogen-bond acceptors (Lipinski definition) is 7. The van der Waals surface area contributed by atoms with Crippen molar-refractivity contribution in [3.8, 4) is 0 Å². The normalized spacial score (nSPS) is 13.2. The Morgan fingerprint density at radius 3 is 1.66 bits per heavy atom. The van der Waals surface area contributed by atoms with Crippen molar-refractivity contribution in [3.63, 3.8) is 0 Å². The van der Waals surface area contributed by atoms with Gasteiger partial charge in [0.25, 0.3) is 0 Å². The van der Waals surface area contributed by atoms with Crippen LogP contribution in [-0.2, 0) is 28.6 Å². The fourth-order valence-corrected chi connectivity index (χ4v) is 4.30. The molecule has 0 rings (SSSR count). The first kappa shape index (κ1) is 36.3. The standard InChI is InChI=1S/C30H57NO7/c1-6-8-10-12-13-14-15-16-17-19-21-29(33)38-26(25-37-28(32)20-18-11-9-7-2)24-36-23-22-27(30(34)35)31(3,4)5/h26-27H,6-25H2,1-5H3. The number of esters is 2. The maximum atomic E-state index is 12.4. The van der Waals surface area contributed by atoms with E-state index < -0.39 is 18.1 Å². The van der Waals surface area contributed by atoms with Gasteiger partial charge in [0.15, 0.2) is 6.10 Å². The molecule has 0 amide bonds. The molecule has 2 unspecified atom stereocenters. The summed E-state index contributed by atoms with van der Waals surface area (Å²) in [5, 5.41) is 11.5. The van der Waals surface area contributed by atoms with Gasteiger partial charge in [0, 0.05) is 19.3 Å². The zero-order valence-electron chi connectivity index (χ0n) is 25.1. The van der Waals surface area contributed by atoms with Gasteiger partial charge in [0.05, 0.1) is 40.3 Å². The van der Waals surface area contributed by atoms with Crippen LogP contribution in [0.1, 0.15) is 123 Å². The minimum Gasteiger partial charge on any atom is -0.544 e. The Labute approximate surface area is 232 Å². The summed E-state index contributed by atoms with van der Waals surface area (Å²) in [6, 6.07) is -0.715. The lowest BCUT2D eigenvalue weighted by atomic mass is 10.1. The van der Waals surface area contributed by atoms with Crippen LogP contribution in [-0.4, -0.2) is 75.5 Å². The predicted octanol–water partition coefficient (Wildman–Crippen LogP) is 4.95. The topological polar surface area (TPSA) is 102 Å². The number of rotatable bonds is 26. The van der Waals surface area contributed by atoms with Gasteiger partial charge >= 0.3 is 11.9 Å². The van der Waals surface area contributed by atoms with Gasteiger partial charge in [0.1, 0.15) is 12.6 Å². The molecule has 8 heteroatoms. The lowest BCUT2D eigenvalue weighted by Gasteiger charge is -2.34. The third-order valence-corrected chi connectivity index (χ3v) is 6.74. The van der Waals surface area contributed by atoms with E-state index in [9.17, 15) is 19.5 Å². The number of unbranched alkanes of at least 4 members (excludes halogenated alkanes) is 12. The van der Waals surface area contributed by atoms with Crippen molar-refractivity contribution in [2.45, 2.75) is 135 Å². The number of carbonyl (C=O) groups excluding carboxylic acids is 3. The number of likely N-dealkylation sites (N-methyl/N-ethyl adjacent to an activating group) is 1. The molecule has 0 saturated carbocycles. The number of carbonyl (C=O) groups is 3. The molecule has 0 spiro atoms. The minimum atomic E-state index is -1.13. The highest BCUT2D eigenvalue weighted by atomic mass is 16.6. The van der Waals surface area contributed by atoms with E-state index in [0.29, 0.717) is 12.8 Å². The summed E-state index contributed by atoms with van der Waals surface area (Å²) in [5.41, 5.74) is 0. The van der Waals surface area contributed by atoms with Crippen LogP contribution in [0.2, 0.25) is 0 Å². The van der Waals surface area contributed by atoms with Crippen LogP contribution < -0.4 is 5.11 Å². The van der Waals surface area contributed by atoms with Gasteiger partial charge < -0.3 is 28.6 Å². The number of hydrogen-bond donors (Lipinski definition) is 0. The molecule has 0 aliphatic heterocycles. The van der Waals surface area contributed by atoms with E-state index in [1.54, 1.807) is 21.1 Å². The molecule has 38 heavy (non-hydrogen) atoms. The monoisotopic (exact) mass is 543 g/mol. The number of aliphatic carboxylic acids is 1. The molecule has 0 aromatic carbocycles. The van der Waals surface area contributed by atoms with Crippen molar-refractivity contribution in [1.29, 1.82) is 0 Å². The van der Waals surface area contributed by atoms with Gasteiger partial charge in [-0.05, 0) is 12.8 Å². The highest BCUT2D eigenvalue weighted by molar-refractivity contribution is 5.70. The lowest BCUT2D eigenvalue weighted by molar-refractivity contribution is -0.889. The SMILES string of the molecule is CCCCCCCCCCCCC(=O)OC(COCCC(C(=O)[O-])[N+](C)(C)C)COC(=O)CCCCCC. The maximum absolute atomic E-state index is 12.4. The molecule has 224 valence electrons. The molecule has 0 N–H and O–H groups in total. The van der Waals surface area contributed by atoms with Crippen LogP contribution in [0.5, 0.6) is 0 Å². The van der Waals surface area contributed by atoms with Crippen molar-refractivity contribution in [2.24, 2.45) is 0 Å². The Balaban J connectivity index is 4.46. The third kappa shape index (κ3) is 21.3. The van der Waals surface area contributed by atoms with E-state index in [0.717, 1.165) is 44.9 Å². The van der Waals surface area contributed by atoms with Crippen molar-refractivity contribution in [1.82, 2.24) is 0 Å². The van der Waals surface area contributed by atoms with Gasteiger partial charge in [-0.1, -0.05) is 90.9 Å². The predicted molar refractivity (Wildman–Crippen MR) is 148 cm³/mol. The first-order valence-electron chi connectivity index (χ1n) is 15.1.